The van der Waals surface area contributed by atoms with E-state index in [0.29, 0.717) is 6.04 Å². The minimum absolute atomic E-state index is 0.607. The maximum atomic E-state index is 5.18. The molecule has 0 saturated carbocycles. The zero-order chi connectivity index (χ0) is 15.3. The Hall–Kier alpha value is -0.460. The zero-order valence-electron chi connectivity index (χ0n) is 13.9. The minimum Gasteiger partial charge on any atom is -0.383 e. The molecule has 1 aliphatic heterocycles. The van der Waals surface area contributed by atoms with Crippen molar-refractivity contribution in [3.8, 4) is 0 Å². The molecule has 1 heterocycles. The average molecular weight is 317 g/mol. The van der Waals surface area contributed by atoms with Crippen molar-refractivity contribution in [2.24, 2.45) is 4.99 Å². The van der Waals surface area contributed by atoms with Gasteiger partial charge in [-0.05, 0) is 44.2 Å². The van der Waals surface area contributed by atoms with Gasteiger partial charge in [-0.15, -0.1) is 0 Å². The van der Waals surface area contributed by atoms with Gasteiger partial charge in [0.25, 0.3) is 0 Å². The standard InChI is InChI=1S/C15H32N4OS/c1-16-15(17-8-4-5-12-21-3)18-13-14-7-6-9-19(14)10-11-20-2/h14H,4-13H2,1-3H3,(H2,16,17,18). The highest BCUT2D eigenvalue weighted by atomic mass is 32.2. The first kappa shape index (κ1) is 18.6. The van der Waals surface area contributed by atoms with Gasteiger partial charge in [-0.1, -0.05) is 0 Å². The second-order valence-corrected chi connectivity index (χ2v) is 6.39. The molecule has 1 aliphatic rings. The molecule has 0 bridgehead atoms. The number of hydrogen-bond acceptors (Lipinski definition) is 4. The predicted octanol–water partition coefficient (Wildman–Crippen LogP) is 1.41. The van der Waals surface area contributed by atoms with Crippen LogP contribution in [-0.4, -0.2) is 75.9 Å². The van der Waals surface area contributed by atoms with Gasteiger partial charge < -0.3 is 15.4 Å². The van der Waals surface area contributed by atoms with Gasteiger partial charge in [-0.3, -0.25) is 9.89 Å². The smallest absolute Gasteiger partial charge is 0.191 e. The van der Waals surface area contributed by atoms with Crippen molar-refractivity contribution in [1.82, 2.24) is 15.5 Å². The van der Waals surface area contributed by atoms with Crippen molar-refractivity contribution < 1.29 is 4.74 Å². The van der Waals surface area contributed by atoms with E-state index in [9.17, 15) is 0 Å². The topological polar surface area (TPSA) is 48.9 Å². The molecular weight excluding hydrogens is 284 g/mol. The molecule has 5 nitrogen and oxygen atoms in total. The normalized spacial score (nSPS) is 20.0. The molecule has 0 aliphatic carbocycles. The van der Waals surface area contributed by atoms with Gasteiger partial charge >= 0.3 is 0 Å². The SMILES string of the molecule is CN=C(NCCCCSC)NCC1CCCN1CCOC. The summed E-state index contributed by atoms with van der Waals surface area (Å²) in [5.41, 5.74) is 0. The number of hydrogen-bond donors (Lipinski definition) is 2. The Bertz CT molecular complexity index is 289. The van der Waals surface area contributed by atoms with E-state index in [4.69, 9.17) is 4.74 Å². The van der Waals surface area contributed by atoms with E-state index in [0.717, 1.165) is 32.2 Å². The number of guanidine groups is 1. The van der Waals surface area contributed by atoms with Gasteiger partial charge in [0, 0.05) is 39.8 Å². The highest BCUT2D eigenvalue weighted by Gasteiger charge is 2.23. The van der Waals surface area contributed by atoms with Gasteiger partial charge in [0.1, 0.15) is 0 Å². The van der Waals surface area contributed by atoms with Crippen LogP contribution >= 0.6 is 11.8 Å². The van der Waals surface area contributed by atoms with Gasteiger partial charge in [-0.25, -0.2) is 0 Å². The highest BCUT2D eigenvalue weighted by molar-refractivity contribution is 7.98. The molecule has 0 spiro atoms. The number of methoxy groups -OCH3 is 1. The Balaban J connectivity index is 2.18. The molecule has 124 valence electrons. The van der Waals surface area contributed by atoms with E-state index in [2.05, 4.69) is 26.8 Å². The van der Waals surface area contributed by atoms with Gasteiger partial charge in [0.2, 0.25) is 0 Å². The van der Waals surface area contributed by atoms with Crippen molar-refractivity contribution in [3.63, 3.8) is 0 Å². The number of rotatable bonds is 10. The van der Waals surface area contributed by atoms with E-state index >= 15 is 0 Å². The third-order valence-electron chi connectivity index (χ3n) is 3.88. The first-order chi connectivity index (χ1) is 10.3. The second kappa shape index (κ2) is 12.1. The molecule has 1 saturated heterocycles. The molecule has 1 rings (SSSR count). The Morgan fingerprint density at radius 1 is 1.38 bits per heavy atom. The van der Waals surface area contributed by atoms with Crippen molar-refractivity contribution in [1.29, 1.82) is 0 Å². The minimum atomic E-state index is 0.607. The maximum absolute atomic E-state index is 5.18. The number of aliphatic imine (C=N–C) groups is 1. The predicted molar refractivity (Wildman–Crippen MR) is 93.5 cm³/mol. The summed E-state index contributed by atoms with van der Waals surface area (Å²) in [5, 5.41) is 6.86. The average Bonchev–Trinajstić information content (AvgIpc) is 2.95. The zero-order valence-corrected chi connectivity index (χ0v) is 14.7. The van der Waals surface area contributed by atoms with Crippen molar-refractivity contribution in [2.45, 2.75) is 31.7 Å². The molecule has 0 aromatic rings. The lowest BCUT2D eigenvalue weighted by atomic mass is 10.2. The third kappa shape index (κ3) is 7.93. The van der Waals surface area contributed by atoms with E-state index in [-0.39, 0.29) is 0 Å². The fourth-order valence-electron chi connectivity index (χ4n) is 2.64. The molecule has 1 fully saturated rings. The molecule has 1 atom stereocenters. The van der Waals surface area contributed by atoms with E-state index in [1.165, 1.54) is 38.0 Å². The van der Waals surface area contributed by atoms with Crippen molar-refractivity contribution >= 4 is 17.7 Å². The summed E-state index contributed by atoms with van der Waals surface area (Å²) in [6.07, 6.45) is 7.17. The molecule has 0 aromatic heterocycles. The summed E-state index contributed by atoms with van der Waals surface area (Å²) in [4.78, 5) is 6.82. The summed E-state index contributed by atoms with van der Waals surface area (Å²) in [6, 6.07) is 0.607. The monoisotopic (exact) mass is 316 g/mol. The van der Waals surface area contributed by atoms with Crippen LogP contribution in [0.3, 0.4) is 0 Å². The van der Waals surface area contributed by atoms with E-state index < -0.39 is 0 Å². The molecule has 6 heteroatoms. The lowest BCUT2D eigenvalue weighted by molar-refractivity contribution is 0.141. The number of thioether (sulfide) groups is 1. The van der Waals surface area contributed by atoms with Crippen LogP contribution in [0.2, 0.25) is 0 Å². The summed E-state index contributed by atoms with van der Waals surface area (Å²) in [6.45, 7) is 5.01. The maximum Gasteiger partial charge on any atom is 0.191 e. The summed E-state index contributed by atoms with van der Waals surface area (Å²) in [7, 11) is 3.61. The van der Waals surface area contributed by atoms with Crippen LogP contribution in [0.5, 0.6) is 0 Å². The van der Waals surface area contributed by atoms with Crippen LogP contribution in [0, 0.1) is 0 Å². The number of unbranched alkanes of at least 4 members (excludes halogenated alkanes) is 1. The lowest BCUT2D eigenvalue weighted by Crippen LogP contribution is -2.45. The van der Waals surface area contributed by atoms with Gasteiger partial charge in [0.05, 0.1) is 6.61 Å². The molecule has 2 N–H and O–H groups in total. The molecule has 21 heavy (non-hydrogen) atoms. The van der Waals surface area contributed by atoms with Crippen LogP contribution in [-0.2, 0) is 4.74 Å². The Labute approximate surface area is 134 Å². The third-order valence-corrected chi connectivity index (χ3v) is 4.58. The molecule has 0 aromatic carbocycles. The number of likely N-dealkylation sites (tertiary alicyclic amines) is 1. The van der Waals surface area contributed by atoms with E-state index in [1.54, 1.807) is 7.11 Å². The first-order valence-electron chi connectivity index (χ1n) is 7.98. The Morgan fingerprint density at radius 3 is 2.95 bits per heavy atom. The van der Waals surface area contributed by atoms with Crippen molar-refractivity contribution in [2.75, 3.05) is 59.0 Å². The van der Waals surface area contributed by atoms with Crippen LogP contribution in [0.4, 0.5) is 0 Å². The van der Waals surface area contributed by atoms with Gasteiger partial charge in [-0.2, -0.15) is 11.8 Å². The number of nitrogens with one attached hydrogen (secondary N) is 2. The molecule has 1 unspecified atom stereocenters. The first-order valence-corrected chi connectivity index (χ1v) is 9.37. The fraction of sp³-hybridized carbons (Fsp3) is 0.933. The molecule has 0 radical (unpaired) electrons. The summed E-state index contributed by atoms with van der Waals surface area (Å²) >= 11 is 1.91. The number of nitrogens with zero attached hydrogens (tertiary/aromatic N) is 2. The number of ether oxygens (including phenoxy) is 1. The Kier molecular flexibility index (Phi) is 10.7. The van der Waals surface area contributed by atoms with E-state index in [1.807, 2.05) is 18.8 Å². The molecule has 0 amide bonds. The molecular formula is C15H32N4OS. The van der Waals surface area contributed by atoms with Crippen LogP contribution in [0.15, 0.2) is 4.99 Å². The van der Waals surface area contributed by atoms with Crippen LogP contribution in [0.25, 0.3) is 0 Å². The van der Waals surface area contributed by atoms with Crippen molar-refractivity contribution in [3.05, 3.63) is 0 Å². The lowest BCUT2D eigenvalue weighted by Gasteiger charge is -2.25. The quantitative estimate of drug-likeness (QED) is 0.362. The highest BCUT2D eigenvalue weighted by Crippen LogP contribution is 2.15. The van der Waals surface area contributed by atoms with Crippen LogP contribution < -0.4 is 10.6 Å². The summed E-state index contributed by atoms with van der Waals surface area (Å²) < 4.78 is 5.18. The Morgan fingerprint density at radius 2 is 2.24 bits per heavy atom. The van der Waals surface area contributed by atoms with Crippen LogP contribution in [0.1, 0.15) is 25.7 Å². The second-order valence-electron chi connectivity index (χ2n) is 5.40. The fourth-order valence-corrected chi connectivity index (χ4v) is 3.14. The van der Waals surface area contributed by atoms with Gasteiger partial charge in [0.15, 0.2) is 5.96 Å². The summed E-state index contributed by atoms with van der Waals surface area (Å²) in [5.74, 6) is 2.17. The largest absolute Gasteiger partial charge is 0.383 e.